The molecule has 15 nitrogen and oxygen atoms in total. The van der Waals surface area contributed by atoms with Crippen molar-refractivity contribution in [2.24, 2.45) is 5.92 Å². The Bertz CT molecular complexity index is 2070. The van der Waals surface area contributed by atoms with Crippen LogP contribution in [0.1, 0.15) is 33.9 Å². The number of aliphatic hydroxyl groups excluding tert-OH is 4. The predicted molar refractivity (Wildman–Crippen MR) is 186 cm³/mol. The third kappa shape index (κ3) is 6.22. The first-order valence-corrected chi connectivity index (χ1v) is 16.8. The molecular weight excluding hydrogens is 690 g/mol. The number of aromatic hydroxyl groups is 2. The highest BCUT2D eigenvalue weighted by atomic mass is 16.8. The molecule has 9 N–H and O–H groups in total. The van der Waals surface area contributed by atoms with Crippen molar-refractivity contribution in [3.8, 4) is 17.2 Å². The van der Waals surface area contributed by atoms with Crippen LogP contribution in [-0.2, 0) is 27.2 Å². The minimum Gasteiger partial charge on any atom is -0.508 e. The highest BCUT2D eigenvalue weighted by Gasteiger charge is 2.62. The number of carbonyl (C=O) groups is 2. The summed E-state index contributed by atoms with van der Waals surface area (Å²) in [6, 6.07) is 16.4. The van der Waals surface area contributed by atoms with Gasteiger partial charge in [0.2, 0.25) is 0 Å². The van der Waals surface area contributed by atoms with Crippen LogP contribution in [0.2, 0.25) is 0 Å². The smallest absolute Gasteiger partial charge is 0.355 e. The fourth-order valence-electron chi connectivity index (χ4n) is 7.51. The Morgan fingerprint density at radius 1 is 1.02 bits per heavy atom. The number of aliphatic carboxylic acids is 1. The number of phenols is 2. The number of anilines is 1. The molecule has 3 heterocycles. The van der Waals surface area contributed by atoms with E-state index in [1.54, 1.807) is 24.4 Å². The normalized spacial score (nSPS) is 29.0. The van der Waals surface area contributed by atoms with E-state index in [0.29, 0.717) is 24.0 Å². The Balaban J connectivity index is 1.29. The minimum absolute atomic E-state index is 0.00101. The molecule has 0 radical (unpaired) electrons. The number of benzene rings is 3. The molecule has 2 aliphatic heterocycles. The number of aromatic amines is 1. The number of aromatic nitrogens is 2. The lowest BCUT2D eigenvalue weighted by molar-refractivity contribution is -0.422. The number of hydrogen-bond acceptors (Lipinski definition) is 12. The zero-order valence-electron chi connectivity index (χ0n) is 27.9. The summed E-state index contributed by atoms with van der Waals surface area (Å²) in [5, 5.41) is 84.6. The van der Waals surface area contributed by atoms with Crippen molar-refractivity contribution in [2.75, 3.05) is 11.5 Å². The van der Waals surface area contributed by atoms with Gasteiger partial charge in [-0.1, -0.05) is 48.6 Å². The maximum absolute atomic E-state index is 14.3. The quantitative estimate of drug-likeness (QED) is 0.0636. The molecule has 1 aliphatic carbocycles. The summed E-state index contributed by atoms with van der Waals surface area (Å²) < 4.78 is 10.7. The summed E-state index contributed by atoms with van der Waals surface area (Å²) in [5.74, 6) is -7.77. The number of ether oxygens (including phenoxy) is 2. The third-order valence-corrected chi connectivity index (χ3v) is 10.1. The molecule has 8 atom stereocenters. The average Bonchev–Trinajstić information content (AvgIpc) is 3.86. The van der Waals surface area contributed by atoms with E-state index in [-0.39, 0.29) is 17.0 Å². The van der Waals surface area contributed by atoms with Gasteiger partial charge in [-0.05, 0) is 53.3 Å². The number of phenolic OH excluding ortho intramolecular Hbond substituents is 2. The summed E-state index contributed by atoms with van der Waals surface area (Å²) in [5.41, 5.74) is 1.01. The van der Waals surface area contributed by atoms with Crippen molar-refractivity contribution >= 4 is 23.6 Å². The molecule has 15 heteroatoms. The topological polar surface area (TPSA) is 246 Å². The number of imidazole rings is 1. The second-order valence-electron chi connectivity index (χ2n) is 13.3. The van der Waals surface area contributed by atoms with Crippen LogP contribution in [0.3, 0.4) is 0 Å². The number of carbonyl (C=O) groups excluding carboxylic acids is 1. The van der Waals surface area contributed by atoms with E-state index >= 15 is 0 Å². The first-order chi connectivity index (χ1) is 25.4. The fraction of sp³-hybridized carbons (Fsp3) is 0.289. The number of allylic oxidation sites excluding steroid dienone is 1. The van der Waals surface area contributed by atoms with Crippen LogP contribution in [0.25, 0.3) is 6.08 Å². The standard InChI is InChI=1S/C38H37N3O12/c42-18-30-33(46)34(47)35(48)38(51,53-30)52-29-16-26-25(15-28(29)44)32-22(12-20-4-2-1-3-5-20)10-11-37(32,36(49)50)41(26)31(45)9-7-21-6-8-27(43)23(13-21)14-24-17-39-19-40-24/h1-11,13,15-17,19,22,30,32-35,42-44,46-48,51H,12,14,18H2,(H,39,40)(H,49,50)/b9-7+/t22-,30+,32+,33+,34-,35+,37+,38-/m0/s1. The van der Waals surface area contributed by atoms with Gasteiger partial charge in [-0.15, -0.1) is 0 Å². The minimum atomic E-state index is -3.10. The highest BCUT2D eigenvalue weighted by Crippen LogP contribution is 2.59. The summed E-state index contributed by atoms with van der Waals surface area (Å²) in [7, 11) is 0. The molecule has 0 unspecified atom stereocenters. The first-order valence-electron chi connectivity index (χ1n) is 16.8. The van der Waals surface area contributed by atoms with Crippen LogP contribution in [-0.4, -0.2) is 105 Å². The van der Waals surface area contributed by atoms with Gasteiger partial charge in [0.05, 0.1) is 18.6 Å². The van der Waals surface area contributed by atoms with Gasteiger partial charge in [0.25, 0.3) is 5.91 Å². The van der Waals surface area contributed by atoms with Crippen LogP contribution in [0, 0.1) is 5.92 Å². The fourth-order valence-corrected chi connectivity index (χ4v) is 7.51. The molecular formula is C38H37N3O12. The largest absolute Gasteiger partial charge is 0.508 e. The van der Waals surface area contributed by atoms with E-state index in [1.807, 2.05) is 30.3 Å². The monoisotopic (exact) mass is 727 g/mol. The van der Waals surface area contributed by atoms with Gasteiger partial charge in [-0.2, -0.15) is 0 Å². The van der Waals surface area contributed by atoms with Gasteiger partial charge >= 0.3 is 11.9 Å². The van der Waals surface area contributed by atoms with Crippen LogP contribution >= 0.6 is 0 Å². The lowest BCUT2D eigenvalue weighted by Gasteiger charge is -2.44. The lowest BCUT2D eigenvalue weighted by Crippen LogP contribution is -2.67. The number of hydrogen-bond donors (Lipinski definition) is 9. The zero-order chi connectivity index (χ0) is 37.7. The summed E-state index contributed by atoms with van der Waals surface area (Å²) in [4.78, 5) is 35.8. The van der Waals surface area contributed by atoms with Crippen LogP contribution < -0.4 is 9.64 Å². The van der Waals surface area contributed by atoms with Crippen molar-refractivity contribution in [3.63, 3.8) is 0 Å². The molecule has 1 fully saturated rings. The van der Waals surface area contributed by atoms with E-state index in [1.165, 1.54) is 36.7 Å². The number of nitrogens with zero attached hydrogens (tertiary/aromatic N) is 2. The molecule has 1 saturated heterocycles. The number of aliphatic hydroxyl groups is 5. The number of H-pyrrole nitrogens is 1. The van der Waals surface area contributed by atoms with Gasteiger partial charge < -0.3 is 55.3 Å². The summed E-state index contributed by atoms with van der Waals surface area (Å²) in [6.45, 7) is -0.884. The molecule has 7 rings (SSSR count). The Hall–Kier alpha value is -5.55. The number of fused-ring (bicyclic) bond motifs is 3. The summed E-state index contributed by atoms with van der Waals surface area (Å²) >= 11 is 0. The third-order valence-electron chi connectivity index (χ3n) is 10.1. The van der Waals surface area contributed by atoms with Crippen LogP contribution in [0.15, 0.2) is 91.4 Å². The predicted octanol–water partition coefficient (Wildman–Crippen LogP) is 1.31. The second kappa shape index (κ2) is 13.8. The molecule has 3 aromatic carbocycles. The van der Waals surface area contributed by atoms with Crippen LogP contribution in [0.4, 0.5) is 5.69 Å². The van der Waals surface area contributed by atoms with Gasteiger partial charge in [-0.3, -0.25) is 9.69 Å². The SMILES string of the molecule is O=C(/C=C/c1ccc(O)c(Cc2cnc[nH]2)c1)N1c2cc(O[C@]3(O)O[C@H](CO)[C@@H](O)[C@H](O)[C@H]3O)c(O)cc2[C@H]2[C@H](Cc3ccccc3)C=C[C@]21C(=O)O. The average molecular weight is 728 g/mol. The molecule has 0 saturated carbocycles. The molecule has 0 spiro atoms. The Labute approximate surface area is 302 Å². The number of carboxylic acid groups (broad SMARTS) is 1. The van der Waals surface area contributed by atoms with E-state index in [2.05, 4.69) is 9.97 Å². The highest BCUT2D eigenvalue weighted by molar-refractivity contribution is 6.13. The second-order valence-corrected chi connectivity index (χ2v) is 13.3. The Morgan fingerprint density at radius 2 is 1.79 bits per heavy atom. The molecule has 1 amide bonds. The van der Waals surface area contributed by atoms with Crippen molar-refractivity contribution in [2.45, 2.75) is 54.7 Å². The van der Waals surface area contributed by atoms with Crippen molar-refractivity contribution in [1.29, 1.82) is 0 Å². The van der Waals surface area contributed by atoms with Crippen molar-refractivity contribution < 1.29 is 59.9 Å². The van der Waals surface area contributed by atoms with Gasteiger partial charge in [-0.25, -0.2) is 9.78 Å². The van der Waals surface area contributed by atoms with Gasteiger partial charge in [0.1, 0.15) is 24.1 Å². The lowest BCUT2D eigenvalue weighted by atomic mass is 9.77. The molecule has 1 aromatic heterocycles. The van der Waals surface area contributed by atoms with E-state index in [0.717, 1.165) is 22.2 Å². The van der Waals surface area contributed by atoms with Crippen LogP contribution in [0.5, 0.6) is 17.2 Å². The maximum atomic E-state index is 14.3. The molecule has 3 aliphatic rings. The molecule has 0 bridgehead atoms. The van der Waals surface area contributed by atoms with E-state index in [4.69, 9.17) is 9.47 Å². The molecule has 4 aromatic rings. The molecule has 276 valence electrons. The van der Waals surface area contributed by atoms with Crippen molar-refractivity contribution in [3.05, 3.63) is 119 Å². The number of carboxylic acids is 1. The zero-order valence-corrected chi connectivity index (χ0v) is 27.9. The summed E-state index contributed by atoms with van der Waals surface area (Å²) in [6.07, 6.45) is 1.94. The number of amides is 1. The Kier molecular flexibility index (Phi) is 9.32. The van der Waals surface area contributed by atoms with E-state index < -0.39 is 77.7 Å². The van der Waals surface area contributed by atoms with Gasteiger partial charge in [0.15, 0.2) is 23.1 Å². The molecule has 53 heavy (non-hydrogen) atoms. The van der Waals surface area contributed by atoms with E-state index in [9.17, 15) is 50.4 Å². The van der Waals surface area contributed by atoms with Gasteiger partial charge in [0, 0.05) is 41.9 Å². The maximum Gasteiger partial charge on any atom is 0.355 e. The number of nitrogens with one attached hydrogen (secondary N) is 1. The Morgan fingerprint density at radius 3 is 2.49 bits per heavy atom. The number of rotatable bonds is 10. The first kappa shape index (κ1) is 35.8. The van der Waals surface area contributed by atoms with Crippen molar-refractivity contribution in [1.82, 2.24) is 9.97 Å².